The summed E-state index contributed by atoms with van der Waals surface area (Å²) < 4.78 is 0. The first-order chi connectivity index (χ1) is 7.15. The van der Waals surface area contributed by atoms with Crippen molar-refractivity contribution >= 4 is 5.91 Å². The minimum atomic E-state index is -0.233. The molecule has 0 aromatic heterocycles. The maximum atomic E-state index is 11.1. The second kappa shape index (κ2) is 6.08. The van der Waals surface area contributed by atoms with Crippen LogP contribution in [0.5, 0.6) is 0 Å². The van der Waals surface area contributed by atoms with Gasteiger partial charge >= 0.3 is 0 Å². The van der Waals surface area contributed by atoms with Gasteiger partial charge in [-0.1, -0.05) is 6.92 Å². The average molecular weight is 213 g/mol. The summed E-state index contributed by atoms with van der Waals surface area (Å²) in [6.45, 7) is 7.18. The first-order valence-corrected chi connectivity index (χ1v) is 5.92. The molecule has 1 saturated heterocycles. The lowest BCUT2D eigenvalue weighted by Crippen LogP contribution is -2.43. The van der Waals surface area contributed by atoms with Crippen LogP contribution in [0.1, 0.15) is 33.1 Å². The molecule has 4 heteroatoms. The van der Waals surface area contributed by atoms with Crippen molar-refractivity contribution in [1.82, 2.24) is 10.2 Å². The number of likely N-dealkylation sites (tertiary alicyclic amines) is 1. The van der Waals surface area contributed by atoms with Gasteiger partial charge in [-0.05, 0) is 39.3 Å². The van der Waals surface area contributed by atoms with Crippen LogP contribution in [0.2, 0.25) is 0 Å². The number of carbonyl (C=O) groups excluding carboxylic acids is 1. The fraction of sp³-hybridized carbons (Fsp3) is 0.909. The molecule has 1 rings (SSSR count). The molecule has 1 aliphatic rings. The minimum absolute atomic E-state index is 0.164. The van der Waals surface area contributed by atoms with Crippen LogP contribution >= 0.6 is 0 Å². The number of likely N-dealkylation sites (N-methyl/N-ethyl adjacent to an activating group) is 1. The summed E-state index contributed by atoms with van der Waals surface area (Å²) in [5, 5.41) is 3.12. The Labute approximate surface area is 92.2 Å². The lowest BCUT2D eigenvalue weighted by Gasteiger charge is -2.23. The van der Waals surface area contributed by atoms with E-state index in [0.717, 1.165) is 19.5 Å². The highest BCUT2D eigenvalue weighted by atomic mass is 16.1. The molecular formula is C11H23N3O. The molecule has 4 nitrogen and oxygen atoms in total. The van der Waals surface area contributed by atoms with Crippen LogP contribution < -0.4 is 11.1 Å². The van der Waals surface area contributed by atoms with Crippen molar-refractivity contribution in [2.75, 3.05) is 19.6 Å². The first-order valence-electron chi connectivity index (χ1n) is 5.92. The zero-order valence-corrected chi connectivity index (χ0v) is 9.83. The Morgan fingerprint density at radius 1 is 1.67 bits per heavy atom. The molecule has 1 fully saturated rings. The van der Waals surface area contributed by atoms with E-state index in [-0.39, 0.29) is 11.9 Å². The number of nitrogens with one attached hydrogen (secondary N) is 1. The molecular weight excluding hydrogens is 190 g/mol. The Hall–Kier alpha value is -0.610. The maximum Gasteiger partial charge on any atom is 0.234 e. The Kier molecular flexibility index (Phi) is 5.05. The number of primary amides is 1. The Bertz CT molecular complexity index is 208. The molecule has 2 unspecified atom stereocenters. The third-order valence-electron chi connectivity index (χ3n) is 3.19. The van der Waals surface area contributed by atoms with E-state index in [9.17, 15) is 4.79 Å². The topological polar surface area (TPSA) is 58.4 Å². The highest BCUT2D eigenvalue weighted by Gasteiger charge is 2.22. The summed E-state index contributed by atoms with van der Waals surface area (Å²) in [5.41, 5.74) is 5.32. The molecule has 3 N–H and O–H groups in total. The lowest BCUT2D eigenvalue weighted by molar-refractivity contribution is -0.120. The molecule has 0 aliphatic carbocycles. The molecule has 2 atom stereocenters. The van der Waals surface area contributed by atoms with Crippen molar-refractivity contribution in [3.8, 4) is 0 Å². The predicted molar refractivity (Wildman–Crippen MR) is 61.5 cm³/mol. The SMILES string of the molecule is CCNC(CCN1CCCC1C)C(N)=O. The number of nitrogens with zero attached hydrogens (tertiary/aromatic N) is 1. The van der Waals surface area contributed by atoms with Gasteiger partial charge in [0.2, 0.25) is 5.91 Å². The molecule has 0 bridgehead atoms. The number of hydrogen-bond acceptors (Lipinski definition) is 3. The molecule has 1 aliphatic heterocycles. The smallest absolute Gasteiger partial charge is 0.234 e. The third-order valence-corrected chi connectivity index (χ3v) is 3.19. The highest BCUT2D eigenvalue weighted by Crippen LogP contribution is 2.16. The molecule has 1 amide bonds. The first kappa shape index (κ1) is 12.5. The highest BCUT2D eigenvalue weighted by molar-refractivity contribution is 5.79. The van der Waals surface area contributed by atoms with E-state index in [1.165, 1.54) is 19.4 Å². The van der Waals surface area contributed by atoms with E-state index >= 15 is 0 Å². The second-order valence-electron chi connectivity index (χ2n) is 4.33. The van der Waals surface area contributed by atoms with Crippen molar-refractivity contribution in [2.24, 2.45) is 5.73 Å². The summed E-state index contributed by atoms with van der Waals surface area (Å²) in [6, 6.07) is 0.503. The van der Waals surface area contributed by atoms with Gasteiger partial charge in [-0.2, -0.15) is 0 Å². The number of carbonyl (C=O) groups is 1. The van der Waals surface area contributed by atoms with E-state index in [4.69, 9.17) is 5.73 Å². The van der Waals surface area contributed by atoms with Crippen LogP contribution in [0.3, 0.4) is 0 Å². The largest absolute Gasteiger partial charge is 0.368 e. The van der Waals surface area contributed by atoms with Crippen molar-refractivity contribution < 1.29 is 4.79 Å². The van der Waals surface area contributed by atoms with Crippen LogP contribution in [-0.2, 0) is 4.79 Å². The van der Waals surface area contributed by atoms with E-state index in [1.54, 1.807) is 0 Å². The van der Waals surface area contributed by atoms with Crippen molar-refractivity contribution in [3.05, 3.63) is 0 Å². The van der Waals surface area contributed by atoms with Crippen LogP contribution in [0, 0.1) is 0 Å². The van der Waals surface area contributed by atoms with Gasteiger partial charge in [-0.3, -0.25) is 4.79 Å². The van der Waals surface area contributed by atoms with Crippen LogP contribution in [0.15, 0.2) is 0 Å². The lowest BCUT2D eigenvalue weighted by atomic mass is 10.1. The molecule has 15 heavy (non-hydrogen) atoms. The zero-order chi connectivity index (χ0) is 11.3. The Balaban J connectivity index is 2.29. The normalized spacial score (nSPS) is 24.3. The van der Waals surface area contributed by atoms with Gasteiger partial charge in [-0.15, -0.1) is 0 Å². The van der Waals surface area contributed by atoms with E-state index in [2.05, 4.69) is 17.1 Å². The van der Waals surface area contributed by atoms with Crippen LogP contribution in [0.4, 0.5) is 0 Å². The van der Waals surface area contributed by atoms with Crippen LogP contribution in [0.25, 0.3) is 0 Å². The van der Waals surface area contributed by atoms with E-state index < -0.39 is 0 Å². The number of hydrogen-bond donors (Lipinski definition) is 2. The van der Waals surface area contributed by atoms with Gasteiger partial charge in [0.05, 0.1) is 6.04 Å². The van der Waals surface area contributed by atoms with Gasteiger partial charge in [0, 0.05) is 12.6 Å². The van der Waals surface area contributed by atoms with Crippen molar-refractivity contribution in [3.63, 3.8) is 0 Å². The zero-order valence-electron chi connectivity index (χ0n) is 9.83. The summed E-state index contributed by atoms with van der Waals surface area (Å²) in [7, 11) is 0. The summed E-state index contributed by atoms with van der Waals surface area (Å²) in [5.74, 6) is -0.233. The monoisotopic (exact) mass is 213 g/mol. The molecule has 0 spiro atoms. The predicted octanol–water partition coefficient (Wildman–Crippen LogP) is 0.324. The third kappa shape index (κ3) is 3.80. The molecule has 0 aromatic rings. The number of amides is 1. The fourth-order valence-corrected chi connectivity index (χ4v) is 2.21. The van der Waals surface area contributed by atoms with Crippen molar-refractivity contribution in [2.45, 2.75) is 45.2 Å². The van der Waals surface area contributed by atoms with E-state index in [1.807, 2.05) is 6.92 Å². The van der Waals surface area contributed by atoms with Gasteiger partial charge < -0.3 is 16.0 Å². The Morgan fingerprint density at radius 3 is 2.87 bits per heavy atom. The van der Waals surface area contributed by atoms with Gasteiger partial charge in [0.15, 0.2) is 0 Å². The summed E-state index contributed by atoms with van der Waals surface area (Å²) in [6.07, 6.45) is 3.39. The Morgan fingerprint density at radius 2 is 2.40 bits per heavy atom. The fourth-order valence-electron chi connectivity index (χ4n) is 2.21. The molecule has 0 aromatic carbocycles. The van der Waals surface area contributed by atoms with Crippen molar-refractivity contribution in [1.29, 1.82) is 0 Å². The summed E-state index contributed by atoms with van der Waals surface area (Å²) in [4.78, 5) is 13.6. The van der Waals surface area contributed by atoms with E-state index in [0.29, 0.717) is 6.04 Å². The molecule has 0 radical (unpaired) electrons. The van der Waals surface area contributed by atoms with Gasteiger partial charge in [0.25, 0.3) is 0 Å². The number of nitrogens with two attached hydrogens (primary N) is 1. The van der Waals surface area contributed by atoms with Crippen LogP contribution in [-0.4, -0.2) is 42.5 Å². The average Bonchev–Trinajstić information content (AvgIpc) is 2.58. The number of rotatable bonds is 6. The maximum absolute atomic E-state index is 11.1. The molecule has 88 valence electrons. The minimum Gasteiger partial charge on any atom is -0.368 e. The van der Waals surface area contributed by atoms with Gasteiger partial charge in [0.1, 0.15) is 0 Å². The second-order valence-corrected chi connectivity index (χ2v) is 4.33. The summed E-state index contributed by atoms with van der Waals surface area (Å²) >= 11 is 0. The standard InChI is InChI=1S/C11H23N3O/c1-3-13-10(11(12)15)6-8-14-7-4-5-9(14)2/h9-10,13H,3-8H2,1-2H3,(H2,12,15). The molecule has 0 saturated carbocycles. The molecule has 1 heterocycles. The van der Waals surface area contributed by atoms with Gasteiger partial charge in [-0.25, -0.2) is 0 Å². The quantitative estimate of drug-likeness (QED) is 0.668.